The summed E-state index contributed by atoms with van der Waals surface area (Å²) in [5.74, 6) is -0.269. The second kappa shape index (κ2) is 9.15. The number of hydrogen-bond donors (Lipinski definition) is 2. The number of rotatable bonds is 6. The van der Waals surface area contributed by atoms with Gasteiger partial charge in [-0.3, -0.25) is 14.4 Å². The molecule has 0 aliphatic carbocycles. The monoisotopic (exact) mass is 432 g/mol. The molecule has 164 valence electrons. The average molecular weight is 432 g/mol. The number of benzene rings is 2. The third kappa shape index (κ3) is 4.45. The summed E-state index contributed by atoms with van der Waals surface area (Å²) < 4.78 is 5.15. The smallest absolute Gasteiger partial charge is 0.276 e. The van der Waals surface area contributed by atoms with E-state index in [1.807, 2.05) is 36.4 Å². The number of carbonyl (C=O) groups excluding carboxylic acids is 3. The molecule has 3 aromatic rings. The number of Topliss-reactive ketones (excluding diaryl/α,β-unsaturated/α-hetero) is 1. The number of amides is 2. The van der Waals surface area contributed by atoms with Crippen molar-refractivity contribution < 1.29 is 18.8 Å². The van der Waals surface area contributed by atoms with Crippen molar-refractivity contribution in [3.05, 3.63) is 71.9 Å². The van der Waals surface area contributed by atoms with Crippen molar-refractivity contribution in [1.29, 1.82) is 0 Å². The molecular formula is C24H24N4O4. The van der Waals surface area contributed by atoms with E-state index < -0.39 is 6.04 Å². The average Bonchev–Trinajstić information content (AvgIpc) is 3.49. The molecule has 1 aromatic heterocycles. The number of aromatic nitrogens is 1. The van der Waals surface area contributed by atoms with Gasteiger partial charge in [0.2, 0.25) is 11.8 Å². The van der Waals surface area contributed by atoms with Gasteiger partial charge in [-0.05, 0) is 43.0 Å². The van der Waals surface area contributed by atoms with Gasteiger partial charge in [0.15, 0.2) is 11.5 Å². The Kier molecular flexibility index (Phi) is 6.13. The topological polar surface area (TPSA) is 119 Å². The molecule has 3 N–H and O–H groups in total. The largest absolute Gasteiger partial charge is 0.447 e. The van der Waals surface area contributed by atoms with E-state index in [-0.39, 0.29) is 35.7 Å². The third-order valence-electron chi connectivity index (χ3n) is 5.54. The van der Waals surface area contributed by atoms with Crippen molar-refractivity contribution in [1.82, 2.24) is 9.88 Å². The SMILES string of the molecule is CC(=O)c1ccc(-c2ccc(NC(=O)[C@H]3CCCN3C(=O)c3coc(CN)n3)cc2)cc1. The normalized spacial score (nSPS) is 15.6. The fourth-order valence-corrected chi connectivity index (χ4v) is 3.80. The summed E-state index contributed by atoms with van der Waals surface area (Å²) in [5, 5.41) is 2.90. The van der Waals surface area contributed by atoms with E-state index in [0.717, 1.165) is 17.5 Å². The van der Waals surface area contributed by atoms with Gasteiger partial charge < -0.3 is 20.4 Å². The quantitative estimate of drug-likeness (QED) is 0.577. The van der Waals surface area contributed by atoms with E-state index in [0.29, 0.717) is 24.2 Å². The Labute approximate surface area is 185 Å². The lowest BCUT2D eigenvalue weighted by molar-refractivity contribution is -0.119. The number of carbonyl (C=O) groups is 3. The van der Waals surface area contributed by atoms with Gasteiger partial charge in [0.25, 0.3) is 5.91 Å². The number of likely N-dealkylation sites (tertiary alicyclic amines) is 1. The van der Waals surface area contributed by atoms with Gasteiger partial charge in [0.1, 0.15) is 12.3 Å². The Bertz CT molecular complexity index is 1140. The predicted octanol–water partition coefficient (Wildman–Crippen LogP) is 3.25. The molecule has 8 heteroatoms. The molecule has 0 radical (unpaired) electrons. The van der Waals surface area contributed by atoms with Crippen LogP contribution in [-0.2, 0) is 11.3 Å². The van der Waals surface area contributed by atoms with Gasteiger partial charge >= 0.3 is 0 Å². The molecule has 2 aromatic carbocycles. The van der Waals surface area contributed by atoms with Crippen LogP contribution < -0.4 is 11.1 Å². The van der Waals surface area contributed by atoms with Crippen LogP contribution >= 0.6 is 0 Å². The van der Waals surface area contributed by atoms with Crippen molar-refractivity contribution in [2.75, 3.05) is 11.9 Å². The van der Waals surface area contributed by atoms with Crippen molar-refractivity contribution in [2.45, 2.75) is 32.4 Å². The fourth-order valence-electron chi connectivity index (χ4n) is 3.80. The lowest BCUT2D eigenvalue weighted by Gasteiger charge is -2.23. The van der Waals surface area contributed by atoms with Crippen molar-refractivity contribution in [2.24, 2.45) is 5.73 Å². The first-order valence-electron chi connectivity index (χ1n) is 10.4. The Morgan fingerprint density at radius 2 is 1.75 bits per heavy atom. The summed E-state index contributed by atoms with van der Waals surface area (Å²) in [6.45, 7) is 2.12. The Balaban J connectivity index is 1.42. The fraction of sp³-hybridized carbons (Fsp3) is 0.250. The molecule has 1 aliphatic heterocycles. The first-order chi connectivity index (χ1) is 15.5. The number of oxazole rings is 1. The zero-order valence-corrected chi connectivity index (χ0v) is 17.7. The molecule has 4 rings (SSSR count). The van der Waals surface area contributed by atoms with Crippen LogP contribution in [0.25, 0.3) is 11.1 Å². The molecule has 0 saturated carbocycles. The van der Waals surface area contributed by atoms with Crippen LogP contribution in [0.4, 0.5) is 5.69 Å². The Morgan fingerprint density at radius 3 is 2.34 bits per heavy atom. The van der Waals surface area contributed by atoms with Gasteiger partial charge in [-0.25, -0.2) is 4.98 Å². The van der Waals surface area contributed by atoms with Crippen molar-refractivity contribution >= 4 is 23.3 Å². The first-order valence-corrected chi connectivity index (χ1v) is 10.4. The highest BCUT2D eigenvalue weighted by Crippen LogP contribution is 2.24. The molecule has 1 fully saturated rings. The zero-order chi connectivity index (χ0) is 22.7. The van der Waals surface area contributed by atoms with E-state index in [1.54, 1.807) is 12.1 Å². The van der Waals surface area contributed by atoms with Crippen LogP contribution in [-0.4, -0.2) is 40.1 Å². The van der Waals surface area contributed by atoms with Crippen LogP contribution in [0, 0.1) is 0 Å². The molecule has 2 amide bonds. The first kappa shape index (κ1) is 21.5. The Morgan fingerprint density at radius 1 is 1.09 bits per heavy atom. The molecule has 32 heavy (non-hydrogen) atoms. The second-order valence-electron chi connectivity index (χ2n) is 7.69. The van der Waals surface area contributed by atoms with E-state index >= 15 is 0 Å². The van der Waals surface area contributed by atoms with E-state index in [2.05, 4.69) is 10.3 Å². The number of anilines is 1. The summed E-state index contributed by atoms with van der Waals surface area (Å²) >= 11 is 0. The number of hydrogen-bond acceptors (Lipinski definition) is 6. The van der Waals surface area contributed by atoms with Crippen molar-refractivity contribution in [3.8, 4) is 11.1 Å². The third-order valence-corrected chi connectivity index (χ3v) is 5.54. The van der Waals surface area contributed by atoms with Crippen molar-refractivity contribution in [3.63, 3.8) is 0 Å². The second-order valence-corrected chi connectivity index (χ2v) is 7.69. The highest BCUT2D eigenvalue weighted by molar-refractivity contribution is 6.01. The molecule has 0 bridgehead atoms. The minimum Gasteiger partial charge on any atom is -0.447 e. The summed E-state index contributed by atoms with van der Waals surface area (Å²) in [6.07, 6.45) is 2.60. The molecule has 0 spiro atoms. The highest BCUT2D eigenvalue weighted by Gasteiger charge is 2.35. The maximum absolute atomic E-state index is 12.9. The summed E-state index contributed by atoms with van der Waals surface area (Å²) in [6, 6.07) is 14.3. The lowest BCUT2D eigenvalue weighted by atomic mass is 10.0. The summed E-state index contributed by atoms with van der Waals surface area (Å²) in [7, 11) is 0. The minimum absolute atomic E-state index is 0.0254. The van der Waals surface area contributed by atoms with Gasteiger partial charge in [0.05, 0.1) is 6.54 Å². The van der Waals surface area contributed by atoms with Gasteiger partial charge in [-0.2, -0.15) is 0 Å². The summed E-state index contributed by atoms with van der Waals surface area (Å²) in [5.41, 5.74) is 8.90. The molecule has 1 atom stereocenters. The molecule has 1 saturated heterocycles. The Hall–Kier alpha value is -3.78. The molecule has 0 unspecified atom stereocenters. The number of nitrogens with one attached hydrogen (secondary N) is 1. The van der Waals surface area contributed by atoms with Crippen LogP contribution in [0.3, 0.4) is 0 Å². The number of ketones is 1. The number of nitrogens with two attached hydrogens (primary N) is 1. The summed E-state index contributed by atoms with van der Waals surface area (Å²) in [4.78, 5) is 42.7. The van der Waals surface area contributed by atoms with Crippen LogP contribution in [0.2, 0.25) is 0 Å². The zero-order valence-electron chi connectivity index (χ0n) is 17.7. The van der Waals surface area contributed by atoms with Gasteiger partial charge in [0, 0.05) is 17.8 Å². The van der Waals surface area contributed by atoms with Crippen LogP contribution in [0.5, 0.6) is 0 Å². The maximum atomic E-state index is 12.9. The van der Waals surface area contributed by atoms with Crippen LogP contribution in [0.1, 0.15) is 46.5 Å². The molecule has 1 aliphatic rings. The minimum atomic E-state index is -0.570. The van der Waals surface area contributed by atoms with Gasteiger partial charge in [-0.15, -0.1) is 0 Å². The molecule has 2 heterocycles. The van der Waals surface area contributed by atoms with Crippen LogP contribution in [0.15, 0.2) is 59.2 Å². The lowest BCUT2D eigenvalue weighted by Crippen LogP contribution is -2.43. The van der Waals surface area contributed by atoms with E-state index in [4.69, 9.17) is 10.2 Å². The highest BCUT2D eigenvalue weighted by atomic mass is 16.3. The van der Waals surface area contributed by atoms with E-state index in [1.165, 1.54) is 18.1 Å². The van der Waals surface area contributed by atoms with E-state index in [9.17, 15) is 14.4 Å². The predicted molar refractivity (Wildman–Crippen MR) is 119 cm³/mol. The standard InChI is InChI=1S/C24H24N4O4/c1-15(29)16-4-6-17(7-5-16)18-8-10-19(11-9-18)26-23(30)21-3-2-12-28(21)24(31)20-14-32-22(13-25)27-20/h4-11,14,21H,2-3,12-13,25H2,1H3,(H,26,30)/t21-/m1/s1. The maximum Gasteiger partial charge on any atom is 0.276 e. The number of nitrogens with zero attached hydrogens (tertiary/aromatic N) is 2. The van der Waals surface area contributed by atoms with Gasteiger partial charge in [-0.1, -0.05) is 36.4 Å². The molecule has 8 nitrogen and oxygen atoms in total. The molecular weight excluding hydrogens is 408 g/mol.